The van der Waals surface area contributed by atoms with Crippen molar-refractivity contribution in [1.82, 2.24) is 14.9 Å². The van der Waals surface area contributed by atoms with Crippen molar-refractivity contribution in [2.24, 2.45) is 11.8 Å². The normalized spacial score (nSPS) is 24.2. The molecule has 1 aliphatic carbocycles. The highest BCUT2D eigenvalue weighted by Crippen LogP contribution is 2.34. The minimum absolute atomic E-state index is 0.248. The van der Waals surface area contributed by atoms with E-state index in [9.17, 15) is 4.79 Å². The van der Waals surface area contributed by atoms with Gasteiger partial charge < -0.3 is 19.3 Å². The lowest BCUT2D eigenvalue weighted by molar-refractivity contribution is 0.0939. The van der Waals surface area contributed by atoms with E-state index in [4.69, 9.17) is 9.47 Å². The Morgan fingerprint density at radius 2 is 1.66 bits per heavy atom. The van der Waals surface area contributed by atoms with Crippen molar-refractivity contribution < 1.29 is 14.3 Å². The Labute approximate surface area is 226 Å². The number of pyridine rings is 2. The fourth-order valence-electron chi connectivity index (χ4n) is 6.55. The van der Waals surface area contributed by atoms with E-state index in [-0.39, 0.29) is 5.78 Å². The molecule has 1 saturated carbocycles. The molecular formula is C30H41N5O3. The smallest absolute Gasteiger partial charge is 0.164 e. The zero-order valence-electron chi connectivity index (χ0n) is 22.5. The van der Waals surface area contributed by atoms with Gasteiger partial charge in [-0.05, 0) is 55.8 Å². The minimum atomic E-state index is 0.248. The summed E-state index contributed by atoms with van der Waals surface area (Å²) in [6.45, 7) is 9.47. The first-order valence-corrected chi connectivity index (χ1v) is 14.6. The van der Waals surface area contributed by atoms with Crippen LogP contribution in [0.15, 0.2) is 30.6 Å². The van der Waals surface area contributed by atoms with E-state index in [2.05, 4.69) is 24.7 Å². The third kappa shape index (κ3) is 5.96. The second-order valence-electron chi connectivity index (χ2n) is 11.3. The molecule has 5 heterocycles. The Kier molecular flexibility index (Phi) is 8.07. The van der Waals surface area contributed by atoms with Crippen LogP contribution in [0.4, 0.5) is 11.6 Å². The van der Waals surface area contributed by atoms with Crippen LogP contribution in [0.1, 0.15) is 54.4 Å². The Bertz CT molecular complexity index is 1070. The molecule has 0 aromatic carbocycles. The first kappa shape index (κ1) is 25.6. The lowest BCUT2D eigenvalue weighted by Crippen LogP contribution is -2.47. The maximum absolute atomic E-state index is 12.9. The second-order valence-corrected chi connectivity index (χ2v) is 11.3. The van der Waals surface area contributed by atoms with Gasteiger partial charge in [-0.3, -0.25) is 9.69 Å². The Hall–Kier alpha value is -2.71. The van der Waals surface area contributed by atoms with Gasteiger partial charge in [0.15, 0.2) is 5.78 Å². The molecule has 0 radical (unpaired) electrons. The van der Waals surface area contributed by atoms with Crippen molar-refractivity contribution in [1.29, 1.82) is 0 Å². The molecule has 2 aromatic rings. The Morgan fingerprint density at radius 3 is 2.42 bits per heavy atom. The molecule has 2 aromatic heterocycles. The van der Waals surface area contributed by atoms with E-state index in [0.717, 1.165) is 94.4 Å². The topological polar surface area (TPSA) is 71.0 Å². The van der Waals surface area contributed by atoms with Gasteiger partial charge in [0.1, 0.15) is 17.4 Å². The van der Waals surface area contributed by atoms with E-state index in [1.165, 1.54) is 44.2 Å². The number of aromatic nitrogens is 2. The number of piperazine rings is 1. The number of carbonyl (C=O) groups excluding carboxylic acids is 1. The molecule has 38 heavy (non-hydrogen) atoms. The van der Waals surface area contributed by atoms with Crippen LogP contribution in [0.5, 0.6) is 5.75 Å². The van der Waals surface area contributed by atoms with Gasteiger partial charge in [-0.25, -0.2) is 9.97 Å². The summed E-state index contributed by atoms with van der Waals surface area (Å²) in [6, 6.07) is 5.95. The summed E-state index contributed by atoms with van der Waals surface area (Å²) >= 11 is 0. The van der Waals surface area contributed by atoms with Gasteiger partial charge in [-0.15, -0.1) is 0 Å². The predicted octanol–water partition coefficient (Wildman–Crippen LogP) is 3.84. The molecule has 204 valence electrons. The number of nitrogens with zero attached hydrogens (tertiary/aromatic N) is 5. The molecule has 0 bridgehead atoms. The summed E-state index contributed by atoms with van der Waals surface area (Å²) in [5.41, 5.74) is 2.05. The maximum Gasteiger partial charge on any atom is 0.164 e. The highest BCUT2D eigenvalue weighted by atomic mass is 16.5. The van der Waals surface area contributed by atoms with E-state index in [1.807, 2.05) is 24.4 Å². The van der Waals surface area contributed by atoms with Crippen LogP contribution >= 0.6 is 0 Å². The second kappa shape index (κ2) is 12.0. The lowest BCUT2D eigenvalue weighted by atomic mass is 9.78. The molecule has 4 aliphatic rings. The van der Waals surface area contributed by atoms with Crippen LogP contribution in [0, 0.1) is 11.8 Å². The van der Waals surface area contributed by atoms with Crippen LogP contribution in [-0.4, -0.2) is 86.3 Å². The third-order valence-electron chi connectivity index (χ3n) is 8.97. The first-order chi connectivity index (χ1) is 18.7. The molecular weight excluding hydrogens is 478 g/mol. The summed E-state index contributed by atoms with van der Waals surface area (Å²) < 4.78 is 11.1. The first-order valence-electron chi connectivity index (χ1n) is 14.6. The zero-order valence-corrected chi connectivity index (χ0v) is 22.5. The summed E-state index contributed by atoms with van der Waals surface area (Å²) in [5, 5.41) is 0. The standard InChI is InChI=1S/C30H41N5O3/c36-27(25-5-6-29(32-22-25)34-16-19-37-20-17-34)21-24-3-1-23(2-4-24)8-11-33-12-14-35(15-13-33)30-26-9-18-38-28(26)7-10-31-30/h5-7,10,22-24H,1-4,8-9,11-21H2. The summed E-state index contributed by atoms with van der Waals surface area (Å²) in [7, 11) is 0. The van der Waals surface area contributed by atoms with Crippen molar-refractivity contribution in [3.63, 3.8) is 0 Å². The zero-order chi connectivity index (χ0) is 25.7. The lowest BCUT2D eigenvalue weighted by Gasteiger charge is -2.37. The maximum atomic E-state index is 12.9. The average molecular weight is 520 g/mol. The van der Waals surface area contributed by atoms with Gasteiger partial charge in [0.25, 0.3) is 0 Å². The number of fused-ring (bicyclic) bond motifs is 1. The molecule has 0 N–H and O–H groups in total. The minimum Gasteiger partial charge on any atom is -0.493 e. The summed E-state index contributed by atoms with van der Waals surface area (Å²) in [6.07, 6.45) is 11.4. The Balaban J connectivity index is 0.898. The van der Waals surface area contributed by atoms with E-state index in [0.29, 0.717) is 12.3 Å². The van der Waals surface area contributed by atoms with Gasteiger partial charge in [0.2, 0.25) is 0 Å². The number of anilines is 2. The van der Waals surface area contributed by atoms with Crippen LogP contribution in [0.3, 0.4) is 0 Å². The number of morpholine rings is 1. The fraction of sp³-hybridized carbons (Fsp3) is 0.633. The van der Waals surface area contributed by atoms with Crippen molar-refractivity contribution in [2.75, 3.05) is 75.4 Å². The van der Waals surface area contributed by atoms with Crippen LogP contribution in [0.25, 0.3) is 0 Å². The molecule has 3 aliphatic heterocycles. The van der Waals surface area contributed by atoms with Crippen molar-refractivity contribution in [3.05, 3.63) is 41.7 Å². The number of carbonyl (C=O) groups is 1. The van der Waals surface area contributed by atoms with E-state index < -0.39 is 0 Å². The number of hydrogen-bond donors (Lipinski definition) is 0. The molecule has 0 spiro atoms. The highest BCUT2D eigenvalue weighted by Gasteiger charge is 2.27. The molecule has 8 heteroatoms. The number of Topliss-reactive ketones (excluding diaryl/α,β-unsaturated/α-hetero) is 1. The largest absolute Gasteiger partial charge is 0.493 e. The number of ketones is 1. The van der Waals surface area contributed by atoms with Crippen molar-refractivity contribution in [3.8, 4) is 5.75 Å². The Morgan fingerprint density at radius 1 is 0.868 bits per heavy atom. The summed E-state index contributed by atoms with van der Waals surface area (Å²) in [4.78, 5) is 29.4. The van der Waals surface area contributed by atoms with Gasteiger partial charge in [-0.1, -0.05) is 12.8 Å². The molecule has 6 rings (SSSR count). The van der Waals surface area contributed by atoms with Gasteiger partial charge in [0, 0.05) is 75.6 Å². The van der Waals surface area contributed by atoms with Crippen LogP contribution in [-0.2, 0) is 11.2 Å². The molecule has 3 fully saturated rings. The summed E-state index contributed by atoms with van der Waals surface area (Å²) in [5.74, 6) is 4.67. The van der Waals surface area contributed by atoms with Crippen molar-refractivity contribution in [2.45, 2.75) is 44.9 Å². The third-order valence-corrected chi connectivity index (χ3v) is 8.97. The number of ether oxygens (including phenoxy) is 2. The predicted molar refractivity (Wildman–Crippen MR) is 148 cm³/mol. The SMILES string of the molecule is O=C(CC1CCC(CCN2CCN(c3nccc4c3CCO4)CC2)CC1)c1ccc(N2CCOCC2)nc1. The monoisotopic (exact) mass is 519 g/mol. The van der Waals surface area contributed by atoms with E-state index in [1.54, 1.807) is 6.20 Å². The number of hydrogen-bond acceptors (Lipinski definition) is 8. The van der Waals surface area contributed by atoms with Gasteiger partial charge in [0.05, 0.1) is 19.8 Å². The molecule has 2 saturated heterocycles. The molecule has 0 atom stereocenters. The highest BCUT2D eigenvalue weighted by molar-refractivity contribution is 5.96. The number of rotatable bonds is 8. The average Bonchev–Trinajstić information content (AvgIpc) is 3.47. The quantitative estimate of drug-likeness (QED) is 0.488. The molecule has 0 unspecified atom stereocenters. The fourth-order valence-corrected chi connectivity index (χ4v) is 6.55. The van der Waals surface area contributed by atoms with Gasteiger partial charge >= 0.3 is 0 Å². The molecule has 8 nitrogen and oxygen atoms in total. The van der Waals surface area contributed by atoms with E-state index >= 15 is 0 Å². The van der Waals surface area contributed by atoms with Crippen LogP contribution in [0.2, 0.25) is 0 Å². The van der Waals surface area contributed by atoms with Gasteiger partial charge in [-0.2, -0.15) is 0 Å². The van der Waals surface area contributed by atoms with Crippen molar-refractivity contribution >= 4 is 17.4 Å². The molecule has 0 amide bonds. The van der Waals surface area contributed by atoms with Crippen LogP contribution < -0.4 is 14.5 Å².